The van der Waals surface area contributed by atoms with Gasteiger partial charge in [-0.1, -0.05) is 0 Å². The molecule has 3 rings (SSSR count). The summed E-state index contributed by atoms with van der Waals surface area (Å²) in [4.78, 5) is 12.4. The second-order valence-electron chi connectivity index (χ2n) is 5.19. The average Bonchev–Trinajstić information content (AvgIpc) is 2.93. The van der Waals surface area contributed by atoms with Crippen molar-refractivity contribution in [1.82, 2.24) is 19.5 Å². The standard InChI is InChI=1S/C14H18FN5O/c1-20-5-4-16-13(20)12(10-2-6-21-7-3-10)19-14-17-8-11(15)9-18-14/h4-5,8-10,12H,2-3,6-7H2,1H3,(H,17,18,19)/t12-/m0/s1. The van der Waals surface area contributed by atoms with E-state index in [4.69, 9.17) is 4.74 Å². The van der Waals surface area contributed by atoms with E-state index in [-0.39, 0.29) is 6.04 Å². The predicted molar refractivity (Wildman–Crippen MR) is 75.1 cm³/mol. The quantitative estimate of drug-likeness (QED) is 0.932. The molecule has 0 radical (unpaired) electrons. The minimum absolute atomic E-state index is 0.0145. The molecule has 0 spiro atoms. The van der Waals surface area contributed by atoms with E-state index in [1.807, 2.05) is 17.8 Å². The Labute approximate surface area is 122 Å². The maximum absolute atomic E-state index is 12.9. The van der Waals surface area contributed by atoms with Gasteiger partial charge in [0.05, 0.1) is 18.4 Å². The van der Waals surface area contributed by atoms with Crippen LogP contribution in [0.4, 0.5) is 10.3 Å². The Morgan fingerprint density at radius 3 is 2.62 bits per heavy atom. The van der Waals surface area contributed by atoms with Crippen molar-refractivity contribution in [2.45, 2.75) is 18.9 Å². The van der Waals surface area contributed by atoms with Crippen LogP contribution in [-0.2, 0) is 11.8 Å². The molecule has 1 saturated heterocycles. The summed E-state index contributed by atoms with van der Waals surface area (Å²) in [6, 6.07) is -0.0145. The fourth-order valence-corrected chi connectivity index (χ4v) is 2.65. The molecular formula is C14H18FN5O. The molecule has 1 aliphatic heterocycles. The van der Waals surface area contributed by atoms with E-state index in [2.05, 4.69) is 20.3 Å². The summed E-state index contributed by atoms with van der Waals surface area (Å²) in [7, 11) is 1.96. The lowest BCUT2D eigenvalue weighted by Crippen LogP contribution is -2.29. The summed E-state index contributed by atoms with van der Waals surface area (Å²) >= 11 is 0. The molecule has 1 N–H and O–H groups in total. The molecule has 2 aromatic rings. The van der Waals surface area contributed by atoms with Gasteiger partial charge in [0.1, 0.15) is 5.82 Å². The van der Waals surface area contributed by atoms with Crippen LogP contribution in [0.25, 0.3) is 0 Å². The van der Waals surface area contributed by atoms with E-state index in [0.29, 0.717) is 11.9 Å². The molecule has 6 nitrogen and oxygen atoms in total. The Morgan fingerprint density at radius 1 is 1.29 bits per heavy atom. The van der Waals surface area contributed by atoms with Crippen LogP contribution in [0.3, 0.4) is 0 Å². The van der Waals surface area contributed by atoms with E-state index in [1.54, 1.807) is 6.20 Å². The van der Waals surface area contributed by atoms with E-state index in [9.17, 15) is 4.39 Å². The maximum Gasteiger partial charge on any atom is 0.223 e. The second-order valence-corrected chi connectivity index (χ2v) is 5.19. The van der Waals surface area contributed by atoms with Gasteiger partial charge in [0, 0.05) is 32.7 Å². The van der Waals surface area contributed by atoms with Gasteiger partial charge in [-0.15, -0.1) is 0 Å². The number of aryl methyl sites for hydroxylation is 1. The van der Waals surface area contributed by atoms with Gasteiger partial charge < -0.3 is 14.6 Å². The van der Waals surface area contributed by atoms with Crippen molar-refractivity contribution in [1.29, 1.82) is 0 Å². The summed E-state index contributed by atoms with van der Waals surface area (Å²) in [5.41, 5.74) is 0. The number of hydrogen-bond acceptors (Lipinski definition) is 5. The number of rotatable bonds is 4. The summed E-state index contributed by atoms with van der Waals surface area (Å²) < 4.78 is 20.3. The molecule has 0 aliphatic carbocycles. The van der Waals surface area contributed by atoms with Gasteiger partial charge in [0.15, 0.2) is 5.82 Å². The highest BCUT2D eigenvalue weighted by atomic mass is 19.1. The van der Waals surface area contributed by atoms with Crippen molar-refractivity contribution in [2.24, 2.45) is 13.0 Å². The third-order valence-electron chi connectivity index (χ3n) is 3.78. The van der Waals surface area contributed by atoms with Crippen molar-refractivity contribution in [3.05, 3.63) is 36.4 Å². The monoisotopic (exact) mass is 291 g/mol. The molecule has 1 atom stereocenters. The summed E-state index contributed by atoms with van der Waals surface area (Å²) in [5.74, 6) is 1.28. The number of imidazole rings is 1. The molecule has 3 heterocycles. The Balaban J connectivity index is 1.84. The summed E-state index contributed by atoms with van der Waals surface area (Å²) in [5, 5.41) is 3.29. The molecule has 0 saturated carbocycles. The third kappa shape index (κ3) is 3.18. The van der Waals surface area contributed by atoms with Crippen molar-refractivity contribution < 1.29 is 9.13 Å². The fourth-order valence-electron chi connectivity index (χ4n) is 2.65. The fraction of sp³-hybridized carbons (Fsp3) is 0.500. The number of nitrogens with zero attached hydrogens (tertiary/aromatic N) is 4. The molecule has 1 fully saturated rings. The van der Waals surface area contributed by atoms with Gasteiger partial charge in [0.2, 0.25) is 5.95 Å². The predicted octanol–water partition coefficient (Wildman–Crippen LogP) is 1.93. The molecule has 7 heteroatoms. The normalized spacial score (nSPS) is 17.6. The average molecular weight is 291 g/mol. The summed E-state index contributed by atoms with van der Waals surface area (Å²) in [6.07, 6.45) is 7.91. The molecule has 0 bridgehead atoms. The van der Waals surface area contributed by atoms with Crippen LogP contribution in [0, 0.1) is 11.7 Å². The highest BCUT2D eigenvalue weighted by molar-refractivity contribution is 5.27. The molecule has 2 aromatic heterocycles. The first-order valence-electron chi connectivity index (χ1n) is 7.03. The number of hydrogen-bond donors (Lipinski definition) is 1. The molecular weight excluding hydrogens is 273 g/mol. The second kappa shape index (κ2) is 6.17. The van der Waals surface area contributed by atoms with E-state index >= 15 is 0 Å². The zero-order chi connectivity index (χ0) is 14.7. The van der Waals surface area contributed by atoms with Gasteiger partial charge in [-0.05, 0) is 18.8 Å². The lowest BCUT2D eigenvalue weighted by atomic mass is 9.91. The lowest BCUT2D eigenvalue weighted by molar-refractivity contribution is 0.0593. The van der Waals surface area contributed by atoms with Crippen LogP contribution in [0.5, 0.6) is 0 Å². The van der Waals surface area contributed by atoms with Crippen LogP contribution >= 0.6 is 0 Å². The molecule has 0 amide bonds. The number of anilines is 1. The van der Waals surface area contributed by atoms with Crippen LogP contribution in [0.1, 0.15) is 24.7 Å². The van der Waals surface area contributed by atoms with Crippen molar-refractivity contribution in [3.63, 3.8) is 0 Å². The van der Waals surface area contributed by atoms with E-state index in [0.717, 1.165) is 44.3 Å². The molecule has 21 heavy (non-hydrogen) atoms. The van der Waals surface area contributed by atoms with E-state index < -0.39 is 5.82 Å². The largest absolute Gasteiger partial charge is 0.381 e. The first-order chi connectivity index (χ1) is 10.2. The molecule has 0 aromatic carbocycles. The number of halogens is 1. The Kier molecular flexibility index (Phi) is 4.10. The van der Waals surface area contributed by atoms with Gasteiger partial charge in [-0.3, -0.25) is 0 Å². The minimum atomic E-state index is -0.444. The van der Waals surface area contributed by atoms with Gasteiger partial charge in [0.25, 0.3) is 0 Å². The topological polar surface area (TPSA) is 64.9 Å². The highest BCUT2D eigenvalue weighted by Crippen LogP contribution is 2.31. The third-order valence-corrected chi connectivity index (χ3v) is 3.78. The first-order valence-corrected chi connectivity index (χ1v) is 7.03. The van der Waals surface area contributed by atoms with Gasteiger partial charge in [-0.25, -0.2) is 19.3 Å². The first kappa shape index (κ1) is 13.9. The lowest BCUT2D eigenvalue weighted by Gasteiger charge is -2.30. The van der Waals surface area contributed by atoms with Crippen LogP contribution in [0.15, 0.2) is 24.8 Å². The van der Waals surface area contributed by atoms with Crippen molar-refractivity contribution in [3.8, 4) is 0 Å². The summed E-state index contributed by atoms with van der Waals surface area (Å²) in [6.45, 7) is 1.50. The Morgan fingerprint density at radius 2 is 2.00 bits per heavy atom. The Bertz CT molecular complexity index is 579. The van der Waals surface area contributed by atoms with Crippen molar-refractivity contribution >= 4 is 5.95 Å². The number of ether oxygens (including phenoxy) is 1. The number of aromatic nitrogens is 4. The minimum Gasteiger partial charge on any atom is -0.381 e. The molecule has 112 valence electrons. The van der Waals surface area contributed by atoms with Gasteiger partial charge >= 0.3 is 0 Å². The van der Waals surface area contributed by atoms with Crippen molar-refractivity contribution in [2.75, 3.05) is 18.5 Å². The van der Waals surface area contributed by atoms with Crippen LogP contribution in [-0.4, -0.2) is 32.7 Å². The van der Waals surface area contributed by atoms with Crippen LogP contribution in [0.2, 0.25) is 0 Å². The SMILES string of the molecule is Cn1ccnc1[C@@H](Nc1ncc(F)cn1)C1CCOCC1. The highest BCUT2D eigenvalue weighted by Gasteiger charge is 2.28. The molecule has 0 unspecified atom stereocenters. The van der Waals surface area contributed by atoms with Crippen LogP contribution < -0.4 is 5.32 Å². The zero-order valence-electron chi connectivity index (χ0n) is 11.9. The Hall–Kier alpha value is -2.02. The van der Waals surface area contributed by atoms with Gasteiger partial charge in [-0.2, -0.15) is 0 Å². The molecule has 1 aliphatic rings. The zero-order valence-corrected chi connectivity index (χ0v) is 11.9. The van der Waals surface area contributed by atoms with E-state index in [1.165, 1.54) is 0 Å². The maximum atomic E-state index is 12.9. The smallest absolute Gasteiger partial charge is 0.223 e. The number of nitrogens with one attached hydrogen (secondary N) is 1.